The Morgan fingerprint density at radius 3 is 2.82 bits per heavy atom. The van der Waals surface area contributed by atoms with Crippen LogP contribution in [0.3, 0.4) is 0 Å². The monoisotopic (exact) mass is 261 g/mol. The van der Waals surface area contributed by atoms with Gasteiger partial charge in [0.05, 0.1) is 11.7 Å². The lowest BCUT2D eigenvalue weighted by Crippen LogP contribution is -2.43. The first-order chi connectivity index (χ1) is 7.97. The zero-order valence-electron chi connectivity index (χ0n) is 9.84. The zero-order chi connectivity index (χ0) is 12.9. The second-order valence-corrected chi connectivity index (χ2v) is 6.37. The van der Waals surface area contributed by atoms with Crippen LogP contribution >= 0.6 is 0 Å². The molecule has 0 spiro atoms. The van der Waals surface area contributed by atoms with Gasteiger partial charge in [-0.15, -0.1) is 6.58 Å². The summed E-state index contributed by atoms with van der Waals surface area (Å²) in [6, 6.07) is 0. The van der Waals surface area contributed by atoms with Gasteiger partial charge in [-0.25, -0.2) is 12.7 Å². The normalized spacial score (nSPS) is 22.2. The zero-order valence-corrected chi connectivity index (χ0v) is 10.7. The third-order valence-electron chi connectivity index (χ3n) is 2.94. The standard InChI is InChI=1S/C11H19NO4S/c1-2-3-4-8-17(15,16)12-7-5-6-10(9-12)11(13)14/h2,10H,1,3-9H2,(H,13,14). The Morgan fingerprint density at radius 2 is 2.24 bits per heavy atom. The molecular weight excluding hydrogens is 242 g/mol. The molecule has 1 N–H and O–H groups in total. The highest BCUT2D eigenvalue weighted by Crippen LogP contribution is 2.20. The molecule has 98 valence electrons. The SMILES string of the molecule is C=CCCCS(=O)(=O)N1CCCC(C(=O)O)C1. The molecular formula is C11H19NO4S. The molecule has 5 nitrogen and oxygen atoms in total. The van der Waals surface area contributed by atoms with Crippen molar-refractivity contribution in [3.8, 4) is 0 Å². The maximum Gasteiger partial charge on any atom is 0.307 e. The molecule has 0 aliphatic carbocycles. The summed E-state index contributed by atoms with van der Waals surface area (Å²) in [6.07, 6.45) is 4.08. The molecule has 17 heavy (non-hydrogen) atoms. The Bertz CT molecular complexity index is 377. The number of sulfonamides is 1. The minimum absolute atomic E-state index is 0.0748. The van der Waals surface area contributed by atoms with E-state index < -0.39 is 21.9 Å². The highest BCUT2D eigenvalue weighted by molar-refractivity contribution is 7.89. The topological polar surface area (TPSA) is 74.7 Å². The number of carboxylic acid groups (broad SMARTS) is 1. The van der Waals surface area contributed by atoms with Crippen LogP contribution in [0.5, 0.6) is 0 Å². The number of piperidine rings is 1. The van der Waals surface area contributed by atoms with Crippen LogP contribution in [0.15, 0.2) is 12.7 Å². The van der Waals surface area contributed by atoms with Crippen LogP contribution in [0.4, 0.5) is 0 Å². The Kier molecular flexibility index (Phi) is 5.14. The first-order valence-electron chi connectivity index (χ1n) is 5.79. The number of aliphatic carboxylic acids is 1. The summed E-state index contributed by atoms with van der Waals surface area (Å²) in [6.45, 7) is 4.10. The van der Waals surface area contributed by atoms with Crippen LogP contribution in [0.2, 0.25) is 0 Å². The fourth-order valence-corrected chi connectivity index (χ4v) is 3.54. The van der Waals surface area contributed by atoms with E-state index >= 15 is 0 Å². The Balaban J connectivity index is 2.58. The highest BCUT2D eigenvalue weighted by Gasteiger charge is 2.31. The van der Waals surface area contributed by atoms with Crippen molar-refractivity contribution in [2.45, 2.75) is 25.7 Å². The number of unbranched alkanes of at least 4 members (excludes halogenated alkanes) is 1. The van der Waals surface area contributed by atoms with E-state index in [1.165, 1.54) is 4.31 Å². The summed E-state index contributed by atoms with van der Waals surface area (Å²) in [5.41, 5.74) is 0. The second-order valence-electron chi connectivity index (χ2n) is 4.28. The van der Waals surface area contributed by atoms with Gasteiger partial charge in [0.1, 0.15) is 0 Å². The number of hydrogen-bond acceptors (Lipinski definition) is 3. The first-order valence-corrected chi connectivity index (χ1v) is 7.40. The van der Waals surface area contributed by atoms with Crippen molar-refractivity contribution in [3.05, 3.63) is 12.7 Å². The van der Waals surface area contributed by atoms with E-state index in [0.29, 0.717) is 32.2 Å². The van der Waals surface area contributed by atoms with Gasteiger partial charge in [-0.3, -0.25) is 4.79 Å². The van der Waals surface area contributed by atoms with Crippen molar-refractivity contribution in [2.24, 2.45) is 5.92 Å². The van der Waals surface area contributed by atoms with Gasteiger partial charge in [0.15, 0.2) is 0 Å². The smallest absolute Gasteiger partial charge is 0.307 e. The fourth-order valence-electron chi connectivity index (χ4n) is 1.94. The summed E-state index contributed by atoms with van der Waals surface area (Å²) in [7, 11) is -3.30. The number of hydrogen-bond donors (Lipinski definition) is 1. The fraction of sp³-hybridized carbons (Fsp3) is 0.727. The van der Waals surface area contributed by atoms with Crippen molar-refractivity contribution < 1.29 is 18.3 Å². The first kappa shape index (κ1) is 14.2. The molecule has 1 rings (SSSR count). The average Bonchev–Trinajstić information content (AvgIpc) is 2.29. The van der Waals surface area contributed by atoms with Gasteiger partial charge >= 0.3 is 5.97 Å². The lowest BCUT2D eigenvalue weighted by atomic mass is 10.0. The van der Waals surface area contributed by atoms with Gasteiger partial charge in [-0.1, -0.05) is 6.08 Å². The van der Waals surface area contributed by atoms with Gasteiger partial charge in [-0.05, 0) is 25.7 Å². The van der Waals surface area contributed by atoms with Gasteiger partial charge in [0.25, 0.3) is 0 Å². The van der Waals surface area contributed by atoms with Crippen molar-refractivity contribution in [3.63, 3.8) is 0 Å². The molecule has 0 aromatic carbocycles. The highest BCUT2D eigenvalue weighted by atomic mass is 32.2. The lowest BCUT2D eigenvalue weighted by molar-refractivity contribution is -0.142. The largest absolute Gasteiger partial charge is 0.481 e. The molecule has 1 aliphatic rings. The number of rotatable bonds is 6. The molecule has 1 aliphatic heterocycles. The van der Waals surface area contributed by atoms with E-state index in [1.807, 2.05) is 0 Å². The van der Waals surface area contributed by atoms with Crippen LogP contribution < -0.4 is 0 Å². The Labute approximate surface area is 102 Å². The molecule has 6 heteroatoms. The van der Waals surface area contributed by atoms with Crippen LogP contribution in [0.25, 0.3) is 0 Å². The second kappa shape index (κ2) is 6.16. The molecule has 1 atom stereocenters. The van der Waals surface area contributed by atoms with Gasteiger partial charge in [0.2, 0.25) is 10.0 Å². The molecule has 0 aromatic rings. The predicted octanol–water partition coefficient (Wildman–Crippen LogP) is 1.08. The van der Waals surface area contributed by atoms with Gasteiger partial charge in [0, 0.05) is 13.1 Å². The van der Waals surface area contributed by atoms with E-state index in [2.05, 4.69) is 6.58 Å². The molecule has 0 bridgehead atoms. The van der Waals surface area contributed by atoms with Crippen molar-refractivity contribution in [1.82, 2.24) is 4.31 Å². The van der Waals surface area contributed by atoms with E-state index in [0.717, 1.165) is 0 Å². The molecule has 0 aromatic heterocycles. The summed E-state index contributed by atoms with van der Waals surface area (Å²) >= 11 is 0. The molecule has 1 saturated heterocycles. The van der Waals surface area contributed by atoms with Crippen LogP contribution in [-0.2, 0) is 14.8 Å². The summed E-state index contributed by atoms with van der Waals surface area (Å²) in [5, 5.41) is 8.90. The summed E-state index contributed by atoms with van der Waals surface area (Å²) < 4.78 is 25.2. The molecule has 1 unspecified atom stereocenters. The van der Waals surface area contributed by atoms with Crippen molar-refractivity contribution >= 4 is 16.0 Å². The number of nitrogens with zero attached hydrogens (tertiary/aromatic N) is 1. The van der Waals surface area contributed by atoms with E-state index in [-0.39, 0.29) is 12.3 Å². The van der Waals surface area contributed by atoms with Crippen LogP contribution in [0, 0.1) is 5.92 Å². The van der Waals surface area contributed by atoms with E-state index in [4.69, 9.17) is 5.11 Å². The minimum Gasteiger partial charge on any atom is -0.481 e. The molecule has 0 amide bonds. The summed E-state index contributed by atoms with van der Waals surface area (Å²) in [4.78, 5) is 10.9. The minimum atomic E-state index is -3.30. The summed E-state index contributed by atoms with van der Waals surface area (Å²) in [5.74, 6) is -1.39. The van der Waals surface area contributed by atoms with Crippen LogP contribution in [0.1, 0.15) is 25.7 Å². The number of carboxylic acids is 1. The van der Waals surface area contributed by atoms with E-state index in [1.54, 1.807) is 6.08 Å². The predicted molar refractivity (Wildman–Crippen MR) is 65.2 cm³/mol. The molecule has 1 heterocycles. The maximum atomic E-state index is 11.9. The van der Waals surface area contributed by atoms with Crippen molar-refractivity contribution in [1.29, 1.82) is 0 Å². The third kappa shape index (κ3) is 4.12. The lowest BCUT2D eigenvalue weighted by Gasteiger charge is -2.29. The Hall–Kier alpha value is -0.880. The third-order valence-corrected chi connectivity index (χ3v) is 4.86. The van der Waals surface area contributed by atoms with Gasteiger partial charge < -0.3 is 5.11 Å². The quantitative estimate of drug-likeness (QED) is 0.573. The van der Waals surface area contributed by atoms with Crippen LogP contribution in [-0.4, -0.2) is 42.6 Å². The van der Waals surface area contributed by atoms with Gasteiger partial charge in [-0.2, -0.15) is 0 Å². The average molecular weight is 261 g/mol. The number of allylic oxidation sites excluding steroid dienone is 1. The van der Waals surface area contributed by atoms with E-state index in [9.17, 15) is 13.2 Å². The van der Waals surface area contributed by atoms with Crippen molar-refractivity contribution in [2.75, 3.05) is 18.8 Å². The Morgan fingerprint density at radius 1 is 1.53 bits per heavy atom. The maximum absolute atomic E-state index is 11.9. The molecule has 1 fully saturated rings. The number of carbonyl (C=O) groups is 1. The molecule has 0 radical (unpaired) electrons. The molecule has 0 saturated carbocycles.